The van der Waals surface area contributed by atoms with Crippen molar-refractivity contribution >= 4 is 17.0 Å². The van der Waals surface area contributed by atoms with Gasteiger partial charge in [0.2, 0.25) is 0 Å². The quantitative estimate of drug-likeness (QED) is 0.845. The van der Waals surface area contributed by atoms with Crippen LogP contribution in [0.15, 0.2) is 24.3 Å². The number of carbonyl (C=O) groups excluding carboxylic acids is 1. The van der Waals surface area contributed by atoms with Crippen LogP contribution in [0.3, 0.4) is 0 Å². The van der Waals surface area contributed by atoms with Gasteiger partial charge in [-0.2, -0.15) is 0 Å². The molecule has 1 aromatic heterocycles. The standard InChI is InChI=1S/C15H21N3O2/c1-5-13-17-11-8-6-7-9-12(11)18(13)10-15(2,16-3)14(19)20-4/h6-9,16H,5,10H2,1-4H3. The Kier molecular flexibility index (Phi) is 4.09. The highest BCUT2D eigenvalue weighted by Gasteiger charge is 2.34. The number of esters is 1. The number of nitrogens with one attached hydrogen (secondary N) is 1. The van der Waals surface area contributed by atoms with E-state index in [-0.39, 0.29) is 5.97 Å². The number of hydrogen-bond donors (Lipinski definition) is 1. The molecule has 0 saturated carbocycles. The van der Waals surface area contributed by atoms with Crippen LogP contribution in [-0.2, 0) is 22.5 Å². The van der Waals surface area contributed by atoms with E-state index in [1.165, 1.54) is 7.11 Å². The summed E-state index contributed by atoms with van der Waals surface area (Å²) < 4.78 is 6.99. The zero-order chi connectivity index (χ0) is 14.8. The van der Waals surface area contributed by atoms with Gasteiger partial charge < -0.3 is 14.6 Å². The SMILES string of the molecule is CCc1nc2ccccc2n1CC(C)(NC)C(=O)OC. The molecule has 1 aromatic carbocycles. The van der Waals surface area contributed by atoms with Crippen molar-refractivity contribution in [2.45, 2.75) is 32.4 Å². The molecule has 0 spiro atoms. The van der Waals surface area contributed by atoms with Crippen LogP contribution in [0.25, 0.3) is 11.0 Å². The molecule has 20 heavy (non-hydrogen) atoms. The van der Waals surface area contributed by atoms with Crippen LogP contribution in [0.5, 0.6) is 0 Å². The van der Waals surface area contributed by atoms with Crippen molar-refractivity contribution in [1.29, 1.82) is 0 Å². The summed E-state index contributed by atoms with van der Waals surface area (Å²) in [6.07, 6.45) is 0.815. The third kappa shape index (κ3) is 2.41. The van der Waals surface area contributed by atoms with E-state index in [0.717, 1.165) is 23.3 Å². The molecule has 0 fully saturated rings. The molecular formula is C15H21N3O2. The predicted molar refractivity (Wildman–Crippen MR) is 78.6 cm³/mol. The van der Waals surface area contributed by atoms with Crippen molar-refractivity contribution in [2.75, 3.05) is 14.2 Å². The number of nitrogens with zero attached hydrogens (tertiary/aromatic N) is 2. The molecule has 108 valence electrons. The highest BCUT2D eigenvalue weighted by Crippen LogP contribution is 2.20. The van der Waals surface area contributed by atoms with Crippen molar-refractivity contribution in [1.82, 2.24) is 14.9 Å². The Balaban J connectivity index is 2.49. The first-order valence-electron chi connectivity index (χ1n) is 6.77. The van der Waals surface area contributed by atoms with Gasteiger partial charge in [0, 0.05) is 6.42 Å². The second-order valence-corrected chi connectivity index (χ2v) is 5.03. The maximum atomic E-state index is 12.0. The summed E-state index contributed by atoms with van der Waals surface area (Å²) in [5.41, 5.74) is 1.21. The third-order valence-corrected chi connectivity index (χ3v) is 3.71. The van der Waals surface area contributed by atoms with Crippen LogP contribution in [0, 0.1) is 0 Å². The molecule has 2 aromatic rings. The number of aryl methyl sites for hydroxylation is 1. The van der Waals surface area contributed by atoms with Crippen molar-refractivity contribution in [3.8, 4) is 0 Å². The molecule has 0 radical (unpaired) electrons. The Morgan fingerprint density at radius 2 is 2.15 bits per heavy atom. The highest BCUT2D eigenvalue weighted by atomic mass is 16.5. The molecule has 1 N–H and O–H groups in total. The Hall–Kier alpha value is -1.88. The van der Waals surface area contributed by atoms with E-state index in [4.69, 9.17) is 4.74 Å². The van der Waals surface area contributed by atoms with Crippen molar-refractivity contribution in [3.05, 3.63) is 30.1 Å². The van der Waals surface area contributed by atoms with Gasteiger partial charge in [0.25, 0.3) is 0 Å². The van der Waals surface area contributed by atoms with Gasteiger partial charge in [-0.25, -0.2) is 9.78 Å². The molecule has 1 atom stereocenters. The Labute approximate surface area is 118 Å². The van der Waals surface area contributed by atoms with Crippen LogP contribution < -0.4 is 5.32 Å². The zero-order valence-corrected chi connectivity index (χ0v) is 12.4. The number of hydrogen-bond acceptors (Lipinski definition) is 4. The van der Waals surface area contributed by atoms with E-state index in [1.54, 1.807) is 7.05 Å². The van der Waals surface area contributed by atoms with Gasteiger partial charge in [0.15, 0.2) is 0 Å². The smallest absolute Gasteiger partial charge is 0.327 e. The fourth-order valence-electron chi connectivity index (χ4n) is 2.36. The molecule has 5 nitrogen and oxygen atoms in total. The lowest BCUT2D eigenvalue weighted by Gasteiger charge is -2.27. The van der Waals surface area contributed by atoms with Crippen LogP contribution in [0.1, 0.15) is 19.7 Å². The van der Waals surface area contributed by atoms with E-state index < -0.39 is 5.54 Å². The monoisotopic (exact) mass is 275 g/mol. The van der Waals surface area contributed by atoms with Gasteiger partial charge in [-0.15, -0.1) is 0 Å². The second kappa shape index (κ2) is 5.63. The third-order valence-electron chi connectivity index (χ3n) is 3.71. The minimum atomic E-state index is -0.776. The normalized spacial score (nSPS) is 14.2. The lowest BCUT2D eigenvalue weighted by atomic mass is 10.0. The van der Waals surface area contributed by atoms with Crippen molar-refractivity contribution < 1.29 is 9.53 Å². The summed E-state index contributed by atoms with van der Waals surface area (Å²) in [7, 11) is 3.17. The van der Waals surface area contributed by atoms with Gasteiger partial charge in [-0.3, -0.25) is 0 Å². The van der Waals surface area contributed by atoms with E-state index in [9.17, 15) is 4.79 Å². The molecule has 1 heterocycles. The van der Waals surface area contributed by atoms with Gasteiger partial charge in [0.1, 0.15) is 11.4 Å². The molecule has 0 amide bonds. The average molecular weight is 275 g/mol. The number of likely N-dealkylation sites (N-methyl/N-ethyl adjacent to an activating group) is 1. The van der Waals surface area contributed by atoms with E-state index in [1.807, 2.05) is 31.2 Å². The van der Waals surface area contributed by atoms with Crippen LogP contribution in [0.2, 0.25) is 0 Å². The topological polar surface area (TPSA) is 56.2 Å². The van der Waals surface area contributed by atoms with Crippen molar-refractivity contribution in [3.63, 3.8) is 0 Å². The molecule has 1 unspecified atom stereocenters. The van der Waals surface area contributed by atoms with Crippen LogP contribution in [-0.4, -0.2) is 35.2 Å². The maximum Gasteiger partial charge on any atom is 0.327 e. The van der Waals surface area contributed by atoms with Crippen LogP contribution in [0.4, 0.5) is 0 Å². The number of benzene rings is 1. The molecule has 0 aliphatic rings. The Bertz CT molecular complexity index is 621. The molecule has 0 aliphatic heterocycles. The first kappa shape index (κ1) is 14.5. The van der Waals surface area contributed by atoms with Gasteiger partial charge in [-0.1, -0.05) is 19.1 Å². The molecule has 0 bridgehead atoms. The number of fused-ring (bicyclic) bond motifs is 1. The van der Waals surface area contributed by atoms with Gasteiger partial charge in [-0.05, 0) is 26.1 Å². The maximum absolute atomic E-state index is 12.0. The summed E-state index contributed by atoms with van der Waals surface area (Å²) >= 11 is 0. The lowest BCUT2D eigenvalue weighted by Crippen LogP contribution is -2.51. The van der Waals surface area contributed by atoms with Gasteiger partial charge in [0.05, 0.1) is 24.7 Å². The summed E-state index contributed by atoms with van der Waals surface area (Å²) in [5.74, 6) is 0.691. The zero-order valence-electron chi connectivity index (χ0n) is 12.4. The number of ether oxygens (including phenoxy) is 1. The minimum Gasteiger partial charge on any atom is -0.468 e. The van der Waals surface area contributed by atoms with E-state index in [0.29, 0.717) is 6.54 Å². The number of carbonyl (C=O) groups is 1. The summed E-state index contributed by atoms with van der Waals surface area (Å²) in [6, 6.07) is 7.96. The molecular weight excluding hydrogens is 254 g/mol. The number of aromatic nitrogens is 2. The second-order valence-electron chi connectivity index (χ2n) is 5.03. The summed E-state index contributed by atoms with van der Waals surface area (Å²) in [6.45, 7) is 4.39. The largest absolute Gasteiger partial charge is 0.468 e. The van der Waals surface area contributed by atoms with Gasteiger partial charge >= 0.3 is 5.97 Å². The first-order chi connectivity index (χ1) is 9.55. The fraction of sp³-hybridized carbons (Fsp3) is 0.467. The Morgan fingerprint density at radius 1 is 1.45 bits per heavy atom. The Morgan fingerprint density at radius 3 is 2.75 bits per heavy atom. The highest BCUT2D eigenvalue weighted by molar-refractivity contribution is 5.81. The van der Waals surface area contributed by atoms with Crippen molar-refractivity contribution in [2.24, 2.45) is 0 Å². The number of imidazole rings is 1. The first-order valence-corrected chi connectivity index (χ1v) is 6.77. The molecule has 0 aliphatic carbocycles. The van der Waals surface area contributed by atoms with E-state index in [2.05, 4.69) is 21.8 Å². The van der Waals surface area contributed by atoms with E-state index >= 15 is 0 Å². The number of rotatable bonds is 5. The molecule has 2 rings (SSSR count). The lowest BCUT2D eigenvalue weighted by molar-refractivity contribution is -0.148. The summed E-state index contributed by atoms with van der Waals surface area (Å²) in [5, 5.41) is 3.06. The predicted octanol–water partition coefficient (Wildman–Crippen LogP) is 1.75. The van der Waals surface area contributed by atoms with Crippen LogP contribution >= 0.6 is 0 Å². The molecule has 5 heteroatoms. The average Bonchev–Trinajstić information content (AvgIpc) is 2.84. The number of para-hydroxylation sites is 2. The summed E-state index contributed by atoms with van der Waals surface area (Å²) in [4.78, 5) is 16.6. The number of methoxy groups -OCH3 is 1. The fourth-order valence-corrected chi connectivity index (χ4v) is 2.36. The molecule has 0 saturated heterocycles. The minimum absolute atomic E-state index is 0.278.